The quantitative estimate of drug-likeness (QED) is 0.434. The average molecular weight is 308 g/mol. The smallest absolute Gasteiger partial charge is 0.411 e. The van der Waals surface area contributed by atoms with E-state index in [0.717, 1.165) is 0 Å². The molecule has 0 amide bonds. The molecule has 4 nitrogen and oxygen atoms in total. The van der Waals surface area contributed by atoms with Gasteiger partial charge < -0.3 is 14.8 Å². The highest BCUT2D eigenvalue weighted by atomic mass is 79.9. The van der Waals surface area contributed by atoms with Crippen LogP contribution in [-0.2, 0) is 14.3 Å². The molecule has 0 aliphatic carbocycles. The molecule has 0 saturated carbocycles. The summed E-state index contributed by atoms with van der Waals surface area (Å²) in [5, 5.41) is 2.75. The Balaban J connectivity index is 3.37. The van der Waals surface area contributed by atoms with E-state index in [1.54, 1.807) is 0 Å². The van der Waals surface area contributed by atoms with Crippen LogP contribution in [0.4, 0.5) is 13.2 Å². The van der Waals surface area contributed by atoms with Crippen molar-refractivity contribution in [2.24, 2.45) is 0 Å². The Morgan fingerprint density at radius 3 is 2.62 bits per heavy atom. The number of esters is 1. The van der Waals surface area contributed by atoms with E-state index in [9.17, 15) is 18.0 Å². The maximum Gasteiger partial charge on any atom is 0.411 e. The second kappa shape index (κ2) is 7.86. The van der Waals surface area contributed by atoms with Crippen molar-refractivity contribution >= 4 is 21.9 Å². The van der Waals surface area contributed by atoms with E-state index in [-0.39, 0.29) is 19.7 Å². The van der Waals surface area contributed by atoms with Crippen molar-refractivity contribution in [3.05, 3.63) is 0 Å². The molecule has 0 aliphatic rings. The maximum atomic E-state index is 11.6. The lowest BCUT2D eigenvalue weighted by Crippen LogP contribution is -2.32. The van der Waals surface area contributed by atoms with Crippen LogP contribution in [0.5, 0.6) is 0 Å². The standard InChI is InChI=1S/C8H13BrF3NO3/c1-15-7(14)6(9)4-13-2-3-16-5-8(10,11)12/h6,13H,2-5H2,1H3. The second-order valence-corrected chi connectivity index (χ2v) is 3.97. The van der Waals surface area contributed by atoms with E-state index in [0.29, 0.717) is 0 Å². The molecule has 0 radical (unpaired) electrons. The zero-order valence-corrected chi connectivity index (χ0v) is 10.2. The van der Waals surface area contributed by atoms with Crippen LogP contribution in [-0.4, -0.2) is 50.4 Å². The maximum absolute atomic E-state index is 11.6. The van der Waals surface area contributed by atoms with E-state index < -0.39 is 23.6 Å². The summed E-state index contributed by atoms with van der Waals surface area (Å²) in [6.45, 7) is -0.832. The highest BCUT2D eigenvalue weighted by Crippen LogP contribution is 2.13. The Bertz CT molecular complexity index is 213. The van der Waals surface area contributed by atoms with Crippen LogP contribution in [0.1, 0.15) is 0 Å². The summed E-state index contributed by atoms with van der Waals surface area (Å²) in [7, 11) is 1.25. The van der Waals surface area contributed by atoms with Crippen LogP contribution in [0, 0.1) is 0 Å². The van der Waals surface area contributed by atoms with E-state index in [1.807, 2.05) is 0 Å². The Kier molecular flexibility index (Phi) is 7.69. The molecule has 1 unspecified atom stereocenters. The molecule has 0 saturated heterocycles. The minimum absolute atomic E-state index is 0.0690. The third-order valence-corrected chi connectivity index (χ3v) is 2.17. The summed E-state index contributed by atoms with van der Waals surface area (Å²) >= 11 is 3.05. The first-order chi connectivity index (χ1) is 7.37. The van der Waals surface area contributed by atoms with Crippen LogP contribution in [0.2, 0.25) is 0 Å². The molecule has 0 rings (SSSR count). The Hall–Kier alpha value is -0.340. The third kappa shape index (κ3) is 8.93. The SMILES string of the molecule is COC(=O)C(Br)CNCCOCC(F)(F)F. The summed E-state index contributed by atoms with van der Waals surface area (Å²) in [6, 6.07) is 0. The van der Waals surface area contributed by atoms with Gasteiger partial charge in [-0.15, -0.1) is 0 Å². The Morgan fingerprint density at radius 2 is 2.12 bits per heavy atom. The lowest BCUT2D eigenvalue weighted by atomic mass is 10.4. The van der Waals surface area contributed by atoms with Crippen molar-refractivity contribution in [3.63, 3.8) is 0 Å². The molecule has 8 heteroatoms. The van der Waals surface area contributed by atoms with Gasteiger partial charge in [0.2, 0.25) is 0 Å². The summed E-state index contributed by atoms with van der Waals surface area (Å²) in [5.74, 6) is -0.441. The van der Waals surface area contributed by atoms with E-state index in [1.165, 1.54) is 7.11 Å². The van der Waals surface area contributed by atoms with Gasteiger partial charge in [-0.1, -0.05) is 15.9 Å². The highest BCUT2D eigenvalue weighted by molar-refractivity contribution is 9.10. The monoisotopic (exact) mass is 307 g/mol. The first-order valence-electron chi connectivity index (χ1n) is 4.44. The first kappa shape index (κ1) is 15.7. The van der Waals surface area contributed by atoms with Crippen molar-refractivity contribution in [2.75, 3.05) is 33.4 Å². The molecule has 0 aliphatic heterocycles. The summed E-state index contributed by atoms with van der Waals surface area (Å²) < 4.78 is 43.7. The topological polar surface area (TPSA) is 47.6 Å². The molecule has 0 bridgehead atoms. The van der Waals surface area contributed by atoms with Gasteiger partial charge in [0.05, 0.1) is 13.7 Å². The molecule has 0 aromatic carbocycles. The first-order valence-corrected chi connectivity index (χ1v) is 5.35. The lowest BCUT2D eigenvalue weighted by molar-refractivity contribution is -0.173. The summed E-state index contributed by atoms with van der Waals surface area (Å²) in [5.41, 5.74) is 0. The fraction of sp³-hybridized carbons (Fsp3) is 0.875. The number of alkyl halides is 4. The molecular formula is C8H13BrF3NO3. The van der Waals surface area contributed by atoms with Gasteiger partial charge in [0, 0.05) is 13.1 Å². The number of carbonyl (C=O) groups excluding carboxylic acids is 1. The Morgan fingerprint density at radius 1 is 1.50 bits per heavy atom. The molecule has 96 valence electrons. The molecule has 1 N–H and O–H groups in total. The molecule has 1 atom stereocenters. The predicted molar refractivity (Wildman–Crippen MR) is 54.5 cm³/mol. The van der Waals surface area contributed by atoms with Crippen LogP contribution in [0.25, 0.3) is 0 Å². The number of methoxy groups -OCH3 is 1. The van der Waals surface area contributed by atoms with Gasteiger partial charge in [0.1, 0.15) is 11.4 Å². The van der Waals surface area contributed by atoms with Crippen LogP contribution < -0.4 is 5.32 Å². The second-order valence-electron chi connectivity index (χ2n) is 2.86. The number of hydrogen-bond donors (Lipinski definition) is 1. The zero-order valence-electron chi connectivity index (χ0n) is 8.64. The fourth-order valence-corrected chi connectivity index (χ4v) is 1.19. The molecule has 0 fully saturated rings. The zero-order chi connectivity index (χ0) is 12.6. The Labute approximate surface area is 99.6 Å². The van der Waals surface area contributed by atoms with Crippen molar-refractivity contribution < 1.29 is 27.4 Å². The van der Waals surface area contributed by atoms with Crippen LogP contribution in [0.15, 0.2) is 0 Å². The van der Waals surface area contributed by atoms with Crippen molar-refractivity contribution in [1.29, 1.82) is 0 Å². The van der Waals surface area contributed by atoms with Gasteiger partial charge in [-0.25, -0.2) is 0 Å². The predicted octanol–water partition coefficient (Wildman–Crippen LogP) is 1.09. The number of hydrogen-bond acceptors (Lipinski definition) is 4. The van der Waals surface area contributed by atoms with Crippen molar-refractivity contribution in [1.82, 2.24) is 5.32 Å². The molecule has 0 spiro atoms. The molecule has 0 aromatic heterocycles. The normalized spacial score (nSPS) is 13.6. The highest BCUT2D eigenvalue weighted by Gasteiger charge is 2.27. The van der Waals surface area contributed by atoms with Crippen LogP contribution in [0.3, 0.4) is 0 Å². The minimum atomic E-state index is -4.30. The number of nitrogens with one attached hydrogen (secondary N) is 1. The van der Waals surface area contributed by atoms with Gasteiger partial charge >= 0.3 is 12.1 Å². The minimum Gasteiger partial charge on any atom is -0.468 e. The van der Waals surface area contributed by atoms with E-state index in [4.69, 9.17) is 0 Å². The van der Waals surface area contributed by atoms with E-state index in [2.05, 4.69) is 30.7 Å². The molecule has 0 aromatic rings. The summed E-state index contributed by atoms with van der Waals surface area (Å²) in [4.78, 5) is 10.4. The van der Waals surface area contributed by atoms with Crippen molar-refractivity contribution in [2.45, 2.75) is 11.0 Å². The van der Waals surface area contributed by atoms with Crippen LogP contribution >= 0.6 is 15.9 Å². The average Bonchev–Trinajstić information content (AvgIpc) is 2.20. The van der Waals surface area contributed by atoms with Gasteiger partial charge in [-0.2, -0.15) is 13.2 Å². The third-order valence-electron chi connectivity index (χ3n) is 1.47. The van der Waals surface area contributed by atoms with E-state index >= 15 is 0 Å². The lowest BCUT2D eigenvalue weighted by Gasteiger charge is -2.10. The van der Waals surface area contributed by atoms with Gasteiger partial charge in [-0.05, 0) is 0 Å². The largest absolute Gasteiger partial charge is 0.468 e. The number of ether oxygens (including phenoxy) is 2. The number of carbonyl (C=O) groups is 1. The van der Waals surface area contributed by atoms with Gasteiger partial charge in [0.25, 0.3) is 0 Å². The fourth-order valence-electron chi connectivity index (χ4n) is 0.772. The molecule has 16 heavy (non-hydrogen) atoms. The van der Waals surface area contributed by atoms with Crippen molar-refractivity contribution in [3.8, 4) is 0 Å². The number of rotatable bonds is 7. The number of halogens is 4. The molecular weight excluding hydrogens is 295 g/mol. The summed E-state index contributed by atoms with van der Waals surface area (Å²) in [6.07, 6.45) is -4.30. The van der Waals surface area contributed by atoms with Gasteiger partial charge in [-0.3, -0.25) is 4.79 Å². The van der Waals surface area contributed by atoms with Gasteiger partial charge in [0.15, 0.2) is 0 Å². The molecule has 0 heterocycles.